The third-order valence-electron chi connectivity index (χ3n) is 3.75. The van der Waals surface area contributed by atoms with Crippen LogP contribution in [0.25, 0.3) is 11.1 Å². The van der Waals surface area contributed by atoms with Crippen LogP contribution in [0, 0.1) is 0 Å². The standard InChI is InChI=1S/C19H20N2O/c22-21(14-16-7-3-1-4-8-16)15-19-13-18(11-12-20-19)17-9-5-2-6-10-17/h1-3,5-7,9-13,22H,4,8,14-15H2. The number of rotatable bonds is 5. The minimum absolute atomic E-state index is 0.432. The lowest BCUT2D eigenvalue weighted by atomic mass is 10.0. The van der Waals surface area contributed by atoms with Crippen molar-refractivity contribution in [2.24, 2.45) is 0 Å². The van der Waals surface area contributed by atoms with Crippen molar-refractivity contribution in [1.82, 2.24) is 10.0 Å². The Kier molecular flexibility index (Phi) is 4.78. The summed E-state index contributed by atoms with van der Waals surface area (Å²) in [7, 11) is 0. The van der Waals surface area contributed by atoms with Gasteiger partial charge in [-0.15, -0.1) is 0 Å². The SMILES string of the molecule is ON(CC1=CC=CCC1)Cc1cc(-c2ccccc2)ccn1. The summed E-state index contributed by atoms with van der Waals surface area (Å²) in [6.07, 6.45) is 10.2. The van der Waals surface area contributed by atoms with E-state index >= 15 is 0 Å². The molecule has 1 aliphatic rings. The summed E-state index contributed by atoms with van der Waals surface area (Å²) < 4.78 is 0. The minimum Gasteiger partial charge on any atom is -0.313 e. The van der Waals surface area contributed by atoms with Gasteiger partial charge >= 0.3 is 0 Å². The van der Waals surface area contributed by atoms with Gasteiger partial charge in [-0.05, 0) is 36.1 Å². The lowest BCUT2D eigenvalue weighted by Gasteiger charge is -2.17. The molecule has 3 nitrogen and oxygen atoms in total. The highest BCUT2D eigenvalue weighted by Gasteiger charge is 2.08. The number of allylic oxidation sites excluding steroid dienone is 3. The number of hydrogen-bond acceptors (Lipinski definition) is 3. The van der Waals surface area contributed by atoms with E-state index in [2.05, 4.69) is 35.3 Å². The van der Waals surface area contributed by atoms with E-state index in [0.717, 1.165) is 29.7 Å². The smallest absolute Gasteiger partial charge is 0.0665 e. The molecule has 1 aromatic carbocycles. The zero-order valence-corrected chi connectivity index (χ0v) is 12.5. The maximum Gasteiger partial charge on any atom is 0.0665 e. The third-order valence-corrected chi connectivity index (χ3v) is 3.75. The van der Waals surface area contributed by atoms with Crippen molar-refractivity contribution in [2.45, 2.75) is 19.4 Å². The predicted molar refractivity (Wildman–Crippen MR) is 88.3 cm³/mol. The Balaban J connectivity index is 1.67. The normalized spacial score (nSPS) is 14.2. The number of aromatic nitrogens is 1. The van der Waals surface area contributed by atoms with Gasteiger partial charge in [0.1, 0.15) is 0 Å². The molecule has 3 heteroatoms. The first-order valence-corrected chi connectivity index (χ1v) is 7.60. The molecule has 0 spiro atoms. The van der Waals surface area contributed by atoms with Crippen LogP contribution in [0.4, 0.5) is 0 Å². The van der Waals surface area contributed by atoms with Gasteiger partial charge in [0.25, 0.3) is 0 Å². The molecular weight excluding hydrogens is 272 g/mol. The van der Waals surface area contributed by atoms with E-state index in [4.69, 9.17) is 0 Å². The predicted octanol–water partition coefficient (Wildman–Crippen LogP) is 4.22. The average molecular weight is 292 g/mol. The van der Waals surface area contributed by atoms with E-state index < -0.39 is 0 Å². The zero-order chi connectivity index (χ0) is 15.2. The van der Waals surface area contributed by atoms with Gasteiger partial charge in [0.05, 0.1) is 12.2 Å². The molecule has 0 bridgehead atoms. The second-order valence-electron chi connectivity index (χ2n) is 5.52. The Labute approximate surface area is 131 Å². The summed E-state index contributed by atoms with van der Waals surface area (Å²) in [6, 6.07) is 14.2. The second-order valence-corrected chi connectivity index (χ2v) is 5.52. The van der Waals surface area contributed by atoms with Crippen LogP contribution >= 0.6 is 0 Å². The van der Waals surface area contributed by atoms with Gasteiger partial charge in [0.15, 0.2) is 0 Å². The molecule has 0 saturated heterocycles. The number of benzene rings is 1. The molecule has 0 aliphatic heterocycles. The van der Waals surface area contributed by atoms with Gasteiger partial charge in [-0.2, -0.15) is 5.06 Å². The Hall–Kier alpha value is -2.23. The lowest BCUT2D eigenvalue weighted by Crippen LogP contribution is -2.22. The first-order chi connectivity index (χ1) is 10.8. The summed E-state index contributed by atoms with van der Waals surface area (Å²) in [4.78, 5) is 4.36. The fraction of sp³-hybridized carbons (Fsp3) is 0.211. The maximum atomic E-state index is 10.1. The summed E-state index contributed by atoms with van der Waals surface area (Å²) in [6.45, 7) is 1.00. The molecule has 0 unspecified atom stereocenters. The van der Waals surface area contributed by atoms with Crippen LogP contribution in [0.2, 0.25) is 0 Å². The van der Waals surface area contributed by atoms with E-state index in [1.54, 1.807) is 6.20 Å². The van der Waals surface area contributed by atoms with Crippen molar-refractivity contribution in [3.63, 3.8) is 0 Å². The highest BCUT2D eigenvalue weighted by molar-refractivity contribution is 5.63. The van der Waals surface area contributed by atoms with Gasteiger partial charge in [-0.1, -0.05) is 54.1 Å². The summed E-state index contributed by atoms with van der Waals surface area (Å²) in [5.41, 5.74) is 4.41. The quantitative estimate of drug-likeness (QED) is 0.838. The van der Waals surface area contributed by atoms with Crippen LogP contribution in [0.3, 0.4) is 0 Å². The first kappa shape index (κ1) is 14.7. The van der Waals surface area contributed by atoms with Crippen molar-refractivity contribution in [3.8, 4) is 11.1 Å². The number of nitrogens with zero attached hydrogens (tertiary/aromatic N) is 2. The van der Waals surface area contributed by atoms with Gasteiger partial charge in [0.2, 0.25) is 0 Å². The van der Waals surface area contributed by atoms with Crippen molar-refractivity contribution in [3.05, 3.63) is 78.2 Å². The van der Waals surface area contributed by atoms with Crippen LogP contribution < -0.4 is 0 Å². The second kappa shape index (κ2) is 7.16. The molecule has 22 heavy (non-hydrogen) atoms. The highest BCUT2D eigenvalue weighted by atomic mass is 16.5. The Bertz CT molecular complexity index is 677. The molecule has 0 amide bonds. The summed E-state index contributed by atoms with van der Waals surface area (Å²) >= 11 is 0. The van der Waals surface area contributed by atoms with Crippen LogP contribution in [0.15, 0.2) is 72.5 Å². The fourth-order valence-corrected chi connectivity index (χ4v) is 2.64. The Morgan fingerprint density at radius 2 is 1.91 bits per heavy atom. The summed E-state index contributed by atoms with van der Waals surface area (Å²) in [5.74, 6) is 0. The van der Waals surface area contributed by atoms with E-state index in [-0.39, 0.29) is 0 Å². The largest absolute Gasteiger partial charge is 0.313 e. The van der Waals surface area contributed by atoms with Gasteiger partial charge < -0.3 is 5.21 Å². The fourth-order valence-electron chi connectivity index (χ4n) is 2.64. The monoisotopic (exact) mass is 292 g/mol. The molecule has 1 aromatic heterocycles. The molecule has 1 heterocycles. The number of hydrogen-bond donors (Lipinski definition) is 1. The molecule has 0 saturated carbocycles. The van der Waals surface area contributed by atoms with Gasteiger partial charge in [0, 0.05) is 12.7 Å². The van der Waals surface area contributed by atoms with Crippen LogP contribution in [0.5, 0.6) is 0 Å². The molecule has 0 atom stereocenters. The van der Waals surface area contributed by atoms with Gasteiger partial charge in [-0.25, -0.2) is 0 Å². The minimum atomic E-state index is 0.432. The topological polar surface area (TPSA) is 36.4 Å². The number of hydroxylamine groups is 2. The Morgan fingerprint density at radius 1 is 1.05 bits per heavy atom. The number of pyridine rings is 1. The Morgan fingerprint density at radius 3 is 2.68 bits per heavy atom. The van der Waals surface area contributed by atoms with Crippen LogP contribution in [-0.4, -0.2) is 21.8 Å². The summed E-state index contributed by atoms with van der Waals surface area (Å²) in [5, 5.41) is 11.5. The molecule has 1 aliphatic carbocycles. The zero-order valence-electron chi connectivity index (χ0n) is 12.5. The van der Waals surface area contributed by atoms with Crippen LogP contribution in [0.1, 0.15) is 18.5 Å². The molecule has 112 valence electrons. The van der Waals surface area contributed by atoms with Crippen molar-refractivity contribution < 1.29 is 5.21 Å². The van der Waals surface area contributed by atoms with Gasteiger partial charge in [-0.3, -0.25) is 4.98 Å². The molecule has 1 N–H and O–H groups in total. The van der Waals surface area contributed by atoms with Crippen LogP contribution in [-0.2, 0) is 6.54 Å². The molecular formula is C19H20N2O. The van der Waals surface area contributed by atoms with Crippen molar-refractivity contribution in [2.75, 3.05) is 6.54 Å². The van der Waals surface area contributed by atoms with E-state index in [1.807, 2.05) is 30.3 Å². The average Bonchev–Trinajstić information content (AvgIpc) is 2.57. The third kappa shape index (κ3) is 3.91. The molecule has 3 rings (SSSR count). The highest BCUT2D eigenvalue weighted by Crippen LogP contribution is 2.20. The van der Waals surface area contributed by atoms with Crippen molar-refractivity contribution >= 4 is 0 Å². The lowest BCUT2D eigenvalue weighted by molar-refractivity contribution is -0.0922. The molecule has 0 fully saturated rings. The first-order valence-electron chi connectivity index (χ1n) is 7.60. The molecule has 0 radical (unpaired) electrons. The van der Waals surface area contributed by atoms with E-state index in [1.165, 1.54) is 10.6 Å². The maximum absolute atomic E-state index is 10.1. The van der Waals surface area contributed by atoms with E-state index in [0.29, 0.717) is 13.1 Å². The van der Waals surface area contributed by atoms with Crippen molar-refractivity contribution in [1.29, 1.82) is 0 Å². The van der Waals surface area contributed by atoms with E-state index in [9.17, 15) is 5.21 Å². The molecule has 2 aromatic rings.